The van der Waals surface area contributed by atoms with Gasteiger partial charge in [-0.25, -0.2) is 14.2 Å². The highest BCUT2D eigenvalue weighted by molar-refractivity contribution is 5.93. The van der Waals surface area contributed by atoms with Crippen LogP contribution < -0.4 is 16.2 Å². The fourth-order valence-electron chi connectivity index (χ4n) is 2.72. The van der Waals surface area contributed by atoms with Gasteiger partial charge in [0.05, 0.1) is 12.7 Å². The number of benzene rings is 2. The maximum atomic E-state index is 13.5. The first kappa shape index (κ1) is 20.7. The van der Waals surface area contributed by atoms with Gasteiger partial charge in [0, 0.05) is 23.1 Å². The lowest BCUT2D eigenvalue weighted by Gasteiger charge is -2.14. The van der Waals surface area contributed by atoms with Crippen LogP contribution in [0.1, 0.15) is 16.1 Å². The molecule has 0 aliphatic rings. The Kier molecular flexibility index (Phi) is 6.21. The summed E-state index contributed by atoms with van der Waals surface area (Å²) in [6.45, 7) is 1.33. The first-order chi connectivity index (χ1) is 14.4. The van der Waals surface area contributed by atoms with Crippen LogP contribution in [0.3, 0.4) is 0 Å². The lowest BCUT2D eigenvalue weighted by Crippen LogP contribution is -2.30. The number of nitrogens with one attached hydrogen (secondary N) is 2. The topological polar surface area (TPSA) is 102 Å². The van der Waals surface area contributed by atoms with Crippen LogP contribution in [0.15, 0.2) is 59.4 Å². The van der Waals surface area contributed by atoms with Crippen molar-refractivity contribution in [3.8, 4) is 0 Å². The molecule has 0 aliphatic heterocycles. The molecular formula is C21H19FN4O4. The van der Waals surface area contributed by atoms with E-state index in [1.807, 2.05) is 0 Å². The van der Waals surface area contributed by atoms with E-state index in [0.717, 1.165) is 4.57 Å². The van der Waals surface area contributed by atoms with Crippen molar-refractivity contribution in [1.82, 2.24) is 9.55 Å². The van der Waals surface area contributed by atoms with E-state index < -0.39 is 23.3 Å². The van der Waals surface area contributed by atoms with Crippen LogP contribution in [-0.4, -0.2) is 28.5 Å². The fraction of sp³-hybridized carbons (Fsp3) is 0.143. The Bertz CT molecular complexity index is 1140. The minimum atomic E-state index is -0.488. The number of methoxy groups -OCH3 is 1. The van der Waals surface area contributed by atoms with Crippen LogP contribution in [0.4, 0.5) is 21.7 Å². The summed E-state index contributed by atoms with van der Waals surface area (Å²) in [4.78, 5) is 40.6. The molecule has 0 atom stereocenters. The number of hydrogen-bond acceptors (Lipinski definition) is 6. The van der Waals surface area contributed by atoms with Crippen molar-refractivity contribution in [2.24, 2.45) is 0 Å². The van der Waals surface area contributed by atoms with Crippen molar-refractivity contribution in [3.05, 3.63) is 82.0 Å². The van der Waals surface area contributed by atoms with Gasteiger partial charge in [0.2, 0.25) is 11.9 Å². The van der Waals surface area contributed by atoms with Gasteiger partial charge in [0.15, 0.2) is 0 Å². The van der Waals surface area contributed by atoms with Crippen molar-refractivity contribution in [1.29, 1.82) is 0 Å². The number of halogens is 1. The second kappa shape index (κ2) is 8.99. The molecular weight excluding hydrogens is 391 g/mol. The molecule has 3 aromatic rings. The van der Waals surface area contributed by atoms with E-state index >= 15 is 0 Å². The average molecular weight is 410 g/mol. The molecule has 0 saturated carbocycles. The highest BCUT2D eigenvalue weighted by atomic mass is 19.1. The summed E-state index contributed by atoms with van der Waals surface area (Å²) in [7, 11) is 1.28. The van der Waals surface area contributed by atoms with Crippen molar-refractivity contribution < 1.29 is 18.7 Å². The average Bonchev–Trinajstić information content (AvgIpc) is 2.70. The predicted octanol–water partition coefficient (Wildman–Crippen LogP) is 2.86. The van der Waals surface area contributed by atoms with E-state index in [4.69, 9.17) is 0 Å². The van der Waals surface area contributed by atoms with Crippen LogP contribution in [0.2, 0.25) is 0 Å². The van der Waals surface area contributed by atoms with Crippen LogP contribution in [0.25, 0.3) is 0 Å². The van der Waals surface area contributed by atoms with Crippen LogP contribution in [0.5, 0.6) is 0 Å². The summed E-state index contributed by atoms with van der Waals surface area (Å²) in [6, 6.07) is 13.1. The second-order valence-electron chi connectivity index (χ2n) is 6.40. The van der Waals surface area contributed by atoms with Gasteiger partial charge in [-0.1, -0.05) is 6.07 Å². The number of carbonyl (C=O) groups excluding carboxylic acids is 2. The van der Waals surface area contributed by atoms with Crippen molar-refractivity contribution in [3.63, 3.8) is 0 Å². The molecule has 1 heterocycles. The second-order valence-corrected chi connectivity index (χ2v) is 6.40. The lowest BCUT2D eigenvalue weighted by atomic mass is 10.2. The Balaban J connectivity index is 1.79. The summed E-state index contributed by atoms with van der Waals surface area (Å²) >= 11 is 0. The summed E-state index contributed by atoms with van der Waals surface area (Å²) in [5, 5.41) is 5.52. The van der Waals surface area contributed by atoms with Gasteiger partial charge >= 0.3 is 5.97 Å². The number of nitrogens with zero attached hydrogens (tertiary/aromatic N) is 2. The summed E-state index contributed by atoms with van der Waals surface area (Å²) < 4.78 is 19.2. The quantitative estimate of drug-likeness (QED) is 0.606. The molecule has 0 radical (unpaired) electrons. The first-order valence-electron chi connectivity index (χ1n) is 8.95. The largest absolute Gasteiger partial charge is 0.465 e. The molecule has 1 amide bonds. The molecule has 2 aromatic carbocycles. The minimum Gasteiger partial charge on any atom is -0.465 e. The monoisotopic (exact) mass is 410 g/mol. The number of aromatic nitrogens is 2. The zero-order valence-corrected chi connectivity index (χ0v) is 16.3. The Morgan fingerprint density at radius 1 is 1.10 bits per heavy atom. The van der Waals surface area contributed by atoms with E-state index in [1.54, 1.807) is 25.1 Å². The summed E-state index contributed by atoms with van der Waals surface area (Å²) in [5.74, 6) is -1.30. The molecule has 0 unspecified atom stereocenters. The molecule has 0 fully saturated rings. The number of esters is 1. The zero-order valence-electron chi connectivity index (χ0n) is 16.3. The van der Waals surface area contributed by atoms with Crippen LogP contribution in [0, 0.1) is 12.7 Å². The van der Waals surface area contributed by atoms with Gasteiger partial charge in [0.1, 0.15) is 12.4 Å². The molecule has 9 heteroatoms. The normalized spacial score (nSPS) is 10.4. The van der Waals surface area contributed by atoms with Gasteiger partial charge in [-0.05, 0) is 49.4 Å². The third-order valence-corrected chi connectivity index (χ3v) is 4.11. The van der Waals surface area contributed by atoms with Crippen LogP contribution in [-0.2, 0) is 16.1 Å². The highest BCUT2D eigenvalue weighted by Gasteiger charge is 2.13. The van der Waals surface area contributed by atoms with Crippen molar-refractivity contribution >= 4 is 29.2 Å². The zero-order chi connectivity index (χ0) is 21.7. The van der Waals surface area contributed by atoms with E-state index in [9.17, 15) is 18.8 Å². The van der Waals surface area contributed by atoms with E-state index in [2.05, 4.69) is 20.4 Å². The molecule has 30 heavy (non-hydrogen) atoms. The third kappa shape index (κ3) is 5.07. The Morgan fingerprint density at radius 3 is 2.50 bits per heavy atom. The molecule has 2 N–H and O–H groups in total. The lowest BCUT2D eigenvalue weighted by molar-refractivity contribution is -0.116. The molecule has 0 bridgehead atoms. The number of aryl methyl sites for hydroxylation is 1. The number of rotatable bonds is 6. The maximum Gasteiger partial charge on any atom is 0.337 e. The van der Waals surface area contributed by atoms with Crippen LogP contribution >= 0.6 is 0 Å². The van der Waals surface area contributed by atoms with Gasteiger partial charge in [-0.2, -0.15) is 0 Å². The van der Waals surface area contributed by atoms with Crippen molar-refractivity contribution in [2.45, 2.75) is 13.5 Å². The Morgan fingerprint density at radius 2 is 1.83 bits per heavy atom. The van der Waals surface area contributed by atoms with Gasteiger partial charge in [0.25, 0.3) is 5.56 Å². The molecule has 154 valence electrons. The third-order valence-electron chi connectivity index (χ3n) is 4.11. The fourth-order valence-corrected chi connectivity index (χ4v) is 2.72. The SMILES string of the molecule is COC(=O)c1ccc(NC(=O)Cn2c(Nc3cccc(F)c3)nc(C)cc2=O)cc1. The number of carbonyl (C=O) groups is 2. The number of hydrogen-bond donors (Lipinski definition) is 2. The molecule has 0 spiro atoms. The summed E-state index contributed by atoms with van der Waals surface area (Å²) in [5.41, 5.74) is 1.20. The smallest absolute Gasteiger partial charge is 0.337 e. The molecule has 8 nitrogen and oxygen atoms in total. The molecule has 0 saturated heterocycles. The molecule has 1 aromatic heterocycles. The number of ether oxygens (including phenoxy) is 1. The summed E-state index contributed by atoms with van der Waals surface area (Å²) in [6.07, 6.45) is 0. The standard InChI is InChI=1S/C21H19FN4O4/c1-13-10-19(28)26(21(23-13)25-17-5-3-4-15(22)11-17)12-18(27)24-16-8-6-14(7-9-16)20(29)30-2/h3-11H,12H2,1-2H3,(H,23,25)(H,24,27). The van der Waals surface area contributed by atoms with Crippen molar-refractivity contribution in [2.75, 3.05) is 17.7 Å². The number of anilines is 3. The minimum absolute atomic E-state index is 0.113. The maximum absolute atomic E-state index is 13.5. The predicted molar refractivity (Wildman–Crippen MR) is 109 cm³/mol. The Labute approximate surface area is 171 Å². The van der Waals surface area contributed by atoms with Gasteiger partial charge in [-0.15, -0.1) is 0 Å². The molecule has 3 rings (SSSR count). The highest BCUT2D eigenvalue weighted by Crippen LogP contribution is 2.16. The van der Waals surface area contributed by atoms with E-state index in [0.29, 0.717) is 22.6 Å². The van der Waals surface area contributed by atoms with E-state index in [1.165, 1.54) is 43.5 Å². The number of amides is 1. The Hall–Kier alpha value is -4.01. The van der Waals surface area contributed by atoms with Gasteiger partial charge in [-0.3, -0.25) is 14.2 Å². The van der Waals surface area contributed by atoms with Gasteiger partial charge < -0.3 is 15.4 Å². The first-order valence-corrected chi connectivity index (χ1v) is 8.95. The molecule has 0 aliphatic carbocycles. The van der Waals surface area contributed by atoms with E-state index in [-0.39, 0.29) is 12.5 Å².